The second-order valence-corrected chi connectivity index (χ2v) is 3.49. The molecule has 0 bridgehead atoms. The summed E-state index contributed by atoms with van der Waals surface area (Å²) in [6, 6.07) is 0. The summed E-state index contributed by atoms with van der Waals surface area (Å²) in [4.78, 5) is 2.34. The van der Waals surface area contributed by atoms with Gasteiger partial charge in [0.2, 0.25) is 0 Å². The van der Waals surface area contributed by atoms with E-state index in [-0.39, 0.29) is 0 Å². The summed E-state index contributed by atoms with van der Waals surface area (Å²) >= 11 is 0. The Labute approximate surface area is 86.6 Å². The molecule has 0 aromatic carbocycles. The van der Waals surface area contributed by atoms with E-state index in [0.717, 1.165) is 31.9 Å². The molecule has 1 fully saturated rings. The fourth-order valence-electron chi connectivity index (χ4n) is 1.43. The third-order valence-electron chi connectivity index (χ3n) is 2.21. The maximum Gasteiger partial charge on any atom is 0.0642 e. The maximum atomic E-state index is 5.31. The average molecular weight is 193 g/mol. The number of hydrogen-bond acceptors (Lipinski definition) is 2. The van der Waals surface area contributed by atoms with Gasteiger partial charge in [-0.05, 0) is 19.9 Å². The molecule has 2 heteroatoms. The first-order chi connectivity index (χ1) is 6.74. The first kappa shape index (κ1) is 11.1. The van der Waals surface area contributed by atoms with Gasteiger partial charge < -0.3 is 9.64 Å². The molecule has 0 atom stereocenters. The Hall–Kier alpha value is -1.02. The van der Waals surface area contributed by atoms with E-state index in [1.807, 2.05) is 13.0 Å². The lowest BCUT2D eigenvalue weighted by atomic mass is 10.2. The van der Waals surface area contributed by atoms with Crippen molar-refractivity contribution in [1.82, 2.24) is 4.90 Å². The van der Waals surface area contributed by atoms with Crippen molar-refractivity contribution in [3.63, 3.8) is 0 Å². The van der Waals surface area contributed by atoms with Crippen LogP contribution in [0.2, 0.25) is 0 Å². The second kappa shape index (κ2) is 5.66. The Morgan fingerprint density at radius 3 is 2.43 bits per heavy atom. The zero-order valence-electron chi connectivity index (χ0n) is 9.12. The quantitative estimate of drug-likeness (QED) is 0.638. The van der Waals surface area contributed by atoms with Crippen molar-refractivity contribution in [1.29, 1.82) is 0 Å². The third kappa shape index (κ3) is 3.38. The molecule has 2 nitrogen and oxygen atoms in total. The minimum atomic E-state index is 0.832. The van der Waals surface area contributed by atoms with Crippen LogP contribution in [0.1, 0.15) is 13.8 Å². The van der Waals surface area contributed by atoms with Gasteiger partial charge in [0, 0.05) is 18.8 Å². The van der Waals surface area contributed by atoms with E-state index < -0.39 is 0 Å². The summed E-state index contributed by atoms with van der Waals surface area (Å²) in [7, 11) is 0. The van der Waals surface area contributed by atoms with Crippen molar-refractivity contribution in [2.45, 2.75) is 13.8 Å². The molecule has 0 unspecified atom stereocenters. The summed E-state index contributed by atoms with van der Waals surface area (Å²) in [5.41, 5.74) is 2.34. The second-order valence-electron chi connectivity index (χ2n) is 3.49. The molecular formula is C12H19NO. The van der Waals surface area contributed by atoms with Crippen LogP contribution < -0.4 is 0 Å². The van der Waals surface area contributed by atoms with Crippen LogP contribution in [0.15, 0.2) is 36.1 Å². The highest BCUT2D eigenvalue weighted by atomic mass is 16.5. The molecule has 1 rings (SSSR count). The molecule has 1 aliphatic rings. The van der Waals surface area contributed by atoms with Gasteiger partial charge >= 0.3 is 0 Å². The topological polar surface area (TPSA) is 12.5 Å². The van der Waals surface area contributed by atoms with Crippen LogP contribution in [0.25, 0.3) is 0 Å². The molecule has 0 aliphatic carbocycles. The summed E-state index contributed by atoms with van der Waals surface area (Å²) < 4.78 is 5.31. The van der Waals surface area contributed by atoms with Crippen LogP contribution in [0, 0.1) is 0 Å². The average Bonchev–Trinajstić information content (AvgIpc) is 2.20. The number of hydrogen-bond donors (Lipinski definition) is 0. The van der Waals surface area contributed by atoms with Gasteiger partial charge in [-0.2, -0.15) is 0 Å². The standard InChI is InChI=1S/C12H19NO/c1-4-12(6-5-11(2)3)13-7-9-14-10-8-13/h4-6H,2,7-10H2,1,3H3/b6-5-,12-4+. The predicted octanol–water partition coefficient (Wildman–Crippen LogP) is 2.35. The van der Waals surface area contributed by atoms with E-state index in [1.54, 1.807) is 0 Å². The van der Waals surface area contributed by atoms with Gasteiger partial charge in [0.15, 0.2) is 0 Å². The van der Waals surface area contributed by atoms with Crippen LogP contribution in [-0.4, -0.2) is 31.2 Å². The Morgan fingerprint density at radius 2 is 1.93 bits per heavy atom. The molecule has 1 aliphatic heterocycles. The summed E-state index contributed by atoms with van der Waals surface area (Å²) in [5.74, 6) is 0. The highest BCUT2D eigenvalue weighted by Gasteiger charge is 2.10. The largest absolute Gasteiger partial charge is 0.378 e. The number of nitrogens with zero attached hydrogens (tertiary/aromatic N) is 1. The lowest BCUT2D eigenvalue weighted by Crippen LogP contribution is -2.35. The Bertz CT molecular complexity index is 247. The van der Waals surface area contributed by atoms with Gasteiger partial charge in [-0.15, -0.1) is 0 Å². The van der Waals surface area contributed by atoms with E-state index in [2.05, 4.69) is 30.6 Å². The van der Waals surface area contributed by atoms with Gasteiger partial charge in [0.1, 0.15) is 0 Å². The highest BCUT2D eigenvalue weighted by Crippen LogP contribution is 2.09. The van der Waals surface area contributed by atoms with Gasteiger partial charge in [-0.1, -0.05) is 24.3 Å². The van der Waals surface area contributed by atoms with Gasteiger partial charge in [0.25, 0.3) is 0 Å². The minimum absolute atomic E-state index is 0.832. The van der Waals surface area contributed by atoms with Crippen LogP contribution >= 0.6 is 0 Å². The number of ether oxygens (including phenoxy) is 1. The molecule has 1 heterocycles. The van der Waals surface area contributed by atoms with Gasteiger partial charge in [-0.25, -0.2) is 0 Å². The Kier molecular flexibility index (Phi) is 4.47. The SMILES string of the molecule is C=C(C)/C=C\C(=C/C)N1CCOCC1. The Balaban J connectivity index is 2.57. The molecule has 0 amide bonds. The summed E-state index contributed by atoms with van der Waals surface area (Å²) in [5, 5.41) is 0. The Morgan fingerprint density at radius 1 is 1.29 bits per heavy atom. The van der Waals surface area contributed by atoms with Crippen LogP contribution in [-0.2, 0) is 4.74 Å². The van der Waals surface area contributed by atoms with Gasteiger partial charge in [-0.3, -0.25) is 0 Å². The van der Waals surface area contributed by atoms with Crippen molar-refractivity contribution < 1.29 is 4.74 Å². The molecule has 0 saturated carbocycles. The van der Waals surface area contributed by atoms with Crippen molar-refractivity contribution in [3.05, 3.63) is 36.1 Å². The van der Waals surface area contributed by atoms with Crippen LogP contribution in [0.4, 0.5) is 0 Å². The van der Waals surface area contributed by atoms with Crippen LogP contribution in [0.3, 0.4) is 0 Å². The third-order valence-corrected chi connectivity index (χ3v) is 2.21. The molecule has 78 valence electrons. The first-order valence-electron chi connectivity index (χ1n) is 5.06. The van der Waals surface area contributed by atoms with Crippen molar-refractivity contribution >= 4 is 0 Å². The van der Waals surface area contributed by atoms with Gasteiger partial charge in [0.05, 0.1) is 13.2 Å². The van der Waals surface area contributed by atoms with Crippen molar-refractivity contribution in [2.75, 3.05) is 26.3 Å². The van der Waals surface area contributed by atoms with E-state index in [4.69, 9.17) is 4.74 Å². The molecule has 0 aromatic heterocycles. The fraction of sp³-hybridized carbons (Fsp3) is 0.500. The molecule has 0 spiro atoms. The molecule has 0 N–H and O–H groups in total. The molecule has 0 radical (unpaired) electrons. The number of morpholine rings is 1. The zero-order valence-corrected chi connectivity index (χ0v) is 9.12. The van der Waals surface area contributed by atoms with Crippen LogP contribution in [0.5, 0.6) is 0 Å². The molecule has 14 heavy (non-hydrogen) atoms. The number of rotatable bonds is 3. The first-order valence-corrected chi connectivity index (χ1v) is 5.06. The highest BCUT2D eigenvalue weighted by molar-refractivity contribution is 5.24. The van der Waals surface area contributed by atoms with E-state index in [0.29, 0.717) is 0 Å². The molecule has 0 aromatic rings. The summed E-state index contributed by atoms with van der Waals surface area (Å²) in [6.45, 7) is 11.6. The van der Waals surface area contributed by atoms with Crippen molar-refractivity contribution in [3.8, 4) is 0 Å². The predicted molar refractivity (Wildman–Crippen MR) is 60.1 cm³/mol. The maximum absolute atomic E-state index is 5.31. The normalized spacial score (nSPS) is 19.0. The molecular weight excluding hydrogens is 174 g/mol. The summed E-state index contributed by atoms with van der Waals surface area (Å²) in [6.07, 6.45) is 6.29. The van der Waals surface area contributed by atoms with Crippen molar-refractivity contribution in [2.24, 2.45) is 0 Å². The smallest absolute Gasteiger partial charge is 0.0642 e. The lowest BCUT2D eigenvalue weighted by Gasteiger charge is -2.29. The van der Waals surface area contributed by atoms with E-state index in [9.17, 15) is 0 Å². The zero-order chi connectivity index (χ0) is 10.4. The molecule has 1 saturated heterocycles. The lowest BCUT2D eigenvalue weighted by molar-refractivity contribution is 0.0553. The van der Waals surface area contributed by atoms with E-state index >= 15 is 0 Å². The minimum Gasteiger partial charge on any atom is -0.378 e. The fourth-order valence-corrected chi connectivity index (χ4v) is 1.43. The monoisotopic (exact) mass is 193 g/mol. The number of allylic oxidation sites excluding steroid dienone is 4. The van der Waals surface area contributed by atoms with E-state index in [1.165, 1.54) is 5.70 Å².